The number of benzene rings is 2. The van der Waals surface area contributed by atoms with Crippen molar-refractivity contribution in [3.8, 4) is 5.75 Å². The number of carbonyl (C=O) groups is 2. The van der Waals surface area contributed by atoms with Gasteiger partial charge in [0.1, 0.15) is 5.75 Å². The number of carbonyl (C=O) groups excluding carboxylic acids is 1. The van der Waals surface area contributed by atoms with Crippen LogP contribution in [0, 0.1) is 0 Å². The average Bonchev–Trinajstić information content (AvgIpc) is 2.53. The van der Waals surface area contributed by atoms with Crippen LogP contribution in [0.4, 0.5) is 0 Å². The number of hydrazone groups is 1. The Kier molecular flexibility index (Phi) is 5.87. The van der Waals surface area contributed by atoms with Crippen LogP contribution in [0.1, 0.15) is 15.9 Å². The van der Waals surface area contributed by atoms with Gasteiger partial charge in [-0.15, -0.1) is 0 Å². The lowest BCUT2D eigenvalue weighted by atomic mass is 10.2. The normalized spacial score (nSPS) is 10.5. The number of halogens is 1. The highest BCUT2D eigenvalue weighted by atomic mass is 79.9. The first-order chi connectivity index (χ1) is 11.1. The number of amides is 1. The lowest BCUT2D eigenvalue weighted by Crippen LogP contribution is -2.18. The molecule has 1 amide bonds. The number of hydrogen-bond acceptors (Lipinski definition) is 4. The van der Waals surface area contributed by atoms with Gasteiger partial charge < -0.3 is 9.84 Å². The van der Waals surface area contributed by atoms with Crippen LogP contribution in [0.15, 0.2) is 58.1 Å². The third-order valence-corrected chi connectivity index (χ3v) is 3.41. The molecule has 2 aromatic rings. The van der Waals surface area contributed by atoms with Gasteiger partial charge in [0.05, 0.1) is 11.8 Å². The van der Waals surface area contributed by atoms with Gasteiger partial charge >= 0.3 is 5.97 Å². The van der Waals surface area contributed by atoms with Crippen LogP contribution >= 0.6 is 15.9 Å². The highest BCUT2D eigenvalue weighted by Gasteiger charge is 2.07. The summed E-state index contributed by atoms with van der Waals surface area (Å²) in [6, 6.07) is 13.7. The zero-order valence-electron chi connectivity index (χ0n) is 11.9. The van der Waals surface area contributed by atoms with Crippen LogP contribution in [0.5, 0.6) is 5.75 Å². The summed E-state index contributed by atoms with van der Waals surface area (Å²) in [6.07, 6.45) is 1.45. The van der Waals surface area contributed by atoms with Gasteiger partial charge in [0.15, 0.2) is 6.61 Å². The number of nitrogens with one attached hydrogen (secondary N) is 1. The largest absolute Gasteiger partial charge is 0.482 e. The molecule has 0 aliphatic heterocycles. The van der Waals surface area contributed by atoms with Crippen LogP contribution in [0.25, 0.3) is 0 Å². The van der Waals surface area contributed by atoms with E-state index >= 15 is 0 Å². The maximum Gasteiger partial charge on any atom is 0.341 e. The van der Waals surface area contributed by atoms with E-state index in [9.17, 15) is 9.59 Å². The topological polar surface area (TPSA) is 88.0 Å². The predicted octanol–water partition coefficient (Wildman–Crippen LogP) is 2.68. The molecule has 2 N–H and O–H groups in total. The van der Waals surface area contributed by atoms with Gasteiger partial charge in [-0.1, -0.05) is 24.3 Å². The van der Waals surface area contributed by atoms with Gasteiger partial charge in [0.25, 0.3) is 5.91 Å². The van der Waals surface area contributed by atoms with Gasteiger partial charge in [-0.25, -0.2) is 10.2 Å². The number of carboxylic acids is 1. The number of ether oxygens (including phenoxy) is 1. The molecule has 23 heavy (non-hydrogen) atoms. The first kappa shape index (κ1) is 16.7. The standard InChI is InChI=1S/C16H13BrN2O4/c17-14-7-2-1-6-13(14)16(22)19-18-9-11-4-3-5-12(8-11)23-10-15(20)21/h1-9H,10H2,(H,19,22)(H,20,21)/b18-9-. The smallest absolute Gasteiger partial charge is 0.341 e. The Hall–Kier alpha value is -2.67. The number of rotatable bonds is 6. The van der Waals surface area contributed by atoms with Crippen molar-refractivity contribution in [3.63, 3.8) is 0 Å². The Labute approximate surface area is 140 Å². The molecule has 0 unspecified atom stereocenters. The first-order valence-electron chi connectivity index (χ1n) is 6.59. The quantitative estimate of drug-likeness (QED) is 0.599. The van der Waals surface area contributed by atoms with Crippen molar-refractivity contribution in [2.75, 3.05) is 6.61 Å². The minimum Gasteiger partial charge on any atom is -0.482 e. The summed E-state index contributed by atoms with van der Waals surface area (Å²) in [6.45, 7) is -0.417. The summed E-state index contributed by atoms with van der Waals surface area (Å²) in [5.74, 6) is -0.981. The summed E-state index contributed by atoms with van der Waals surface area (Å²) in [5.41, 5.74) is 3.57. The Bertz CT molecular complexity index is 746. The summed E-state index contributed by atoms with van der Waals surface area (Å²) in [4.78, 5) is 22.4. The van der Waals surface area contributed by atoms with E-state index in [1.165, 1.54) is 6.21 Å². The van der Waals surface area contributed by atoms with Crippen molar-refractivity contribution in [1.29, 1.82) is 0 Å². The van der Waals surface area contributed by atoms with Gasteiger partial charge in [0, 0.05) is 4.47 Å². The lowest BCUT2D eigenvalue weighted by molar-refractivity contribution is -0.139. The molecule has 0 aliphatic rings. The molecule has 0 heterocycles. The molecule has 0 bridgehead atoms. The summed E-state index contributed by atoms with van der Waals surface area (Å²) >= 11 is 3.29. The van der Waals surface area contributed by atoms with Crippen molar-refractivity contribution in [3.05, 3.63) is 64.1 Å². The van der Waals surface area contributed by atoms with Crippen molar-refractivity contribution < 1.29 is 19.4 Å². The zero-order valence-corrected chi connectivity index (χ0v) is 13.5. The molecule has 118 valence electrons. The molecule has 0 aromatic heterocycles. The van der Waals surface area contributed by atoms with Crippen LogP contribution in [0.2, 0.25) is 0 Å². The lowest BCUT2D eigenvalue weighted by Gasteiger charge is -2.04. The summed E-state index contributed by atoms with van der Waals surface area (Å²) in [7, 11) is 0. The third-order valence-electron chi connectivity index (χ3n) is 2.72. The van der Waals surface area contributed by atoms with Crippen LogP contribution in [-0.2, 0) is 4.79 Å². The van der Waals surface area contributed by atoms with E-state index in [1.54, 1.807) is 42.5 Å². The van der Waals surface area contributed by atoms with Crippen LogP contribution in [-0.4, -0.2) is 29.8 Å². The van der Waals surface area contributed by atoms with Gasteiger partial charge in [-0.05, 0) is 45.8 Å². The van der Waals surface area contributed by atoms with Gasteiger partial charge in [0.2, 0.25) is 0 Å². The second-order valence-electron chi connectivity index (χ2n) is 4.43. The molecule has 6 nitrogen and oxygen atoms in total. The molecule has 0 radical (unpaired) electrons. The van der Waals surface area contributed by atoms with Crippen molar-refractivity contribution in [1.82, 2.24) is 5.43 Å². The van der Waals surface area contributed by atoms with Crippen LogP contribution in [0.3, 0.4) is 0 Å². The molecule has 0 aliphatic carbocycles. The molecule has 2 aromatic carbocycles. The van der Waals surface area contributed by atoms with E-state index in [-0.39, 0.29) is 5.91 Å². The fourth-order valence-electron chi connectivity index (χ4n) is 1.70. The molecule has 0 spiro atoms. The highest BCUT2D eigenvalue weighted by Crippen LogP contribution is 2.15. The fourth-order valence-corrected chi connectivity index (χ4v) is 2.17. The van der Waals surface area contributed by atoms with E-state index < -0.39 is 12.6 Å². The van der Waals surface area contributed by atoms with E-state index in [0.717, 1.165) is 0 Å². The number of aliphatic carboxylic acids is 1. The fraction of sp³-hybridized carbons (Fsp3) is 0.0625. The predicted molar refractivity (Wildman–Crippen MR) is 88.8 cm³/mol. The van der Waals surface area contributed by atoms with Crippen molar-refractivity contribution >= 4 is 34.0 Å². The molecule has 0 atom stereocenters. The monoisotopic (exact) mass is 376 g/mol. The Balaban J connectivity index is 1.98. The molecule has 2 rings (SSSR count). The van der Waals surface area contributed by atoms with Gasteiger partial charge in [-0.2, -0.15) is 5.10 Å². The van der Waals surface area contributed by atoms with Crippen LogP contribution < -0.4 is 10.2 Å². The molecule has 0 saturated heterocycles. The minimum absolute atomic E-state index is 0.341. The molecule has 7 heteroatoms. The number of nitrogens with zero attached hydrogens (tertiary/aromatic N) is 1. The molecular formula is C16H13BrN2O4. The Morgan fingerprint density at radius 3 is 2.74 bits per heavy atom. The second-order valence-corrected chi connectivity index (χ2v) is 5.29. The summed E-state index contributed by atoms with van der Waals surface area (Å²) < 4.78 is 5.74. The summed E-state index contributed by atoms with van der Waals surface area (Å²) in [5, 5.41) is 12.5. The van der Waals surface area contributed by atoms with Crippen molar-refractivity contribution in [2.24, 2.45) is 5.10 Å². The molecular weight excluding hydrogens is 364 g/mol. The molecule has 0 fully saturated rings. The SMILES string of the molecule is O=C(O)COc1cccc(/C=N\NC(=O)c2ccccc2Br)c1. The van der Waals surface area contributed by atoms with E-state index in [2.05, 4.69) is 26.5 Å². The van der Waals surface area contributed by atoms with Crippen molar-refractivity contribution in [2.45, 2.75) is 0 Å². The van der Waals surface area contributed by atoms with E-state index in [1.807, 2.05) is 6.07 Å². The maximum absolute atomic E-state index is 12.0. The van der Waals surface area contributed by atoms with E-state index in [0.29, 0.717) is 21.3 Å². The zero-order chi connectivity index (χ0) is 16.7. The average molecular weight is 377 g/mol. The Morgan fingerprint density at radius 1 is 1.22 bits per heavy atom. The highest BCUT2D eigenvalue weighted by molar-refractivity contribution is 9.10. The maximum atomic E-state index is 12.0. The number of hydrogen-bond donors (Lipinski definition) is 2. The second kappa shape index (κ2) is 8.09. The Morgan fingerprint density at radius 2 is 2.00 bits per heavy atom. The molecule has 0 saturated carbocycles. The minimum atomic E-state index is -1.05. The van der Waals surface area contributed by atoms with E-state index in [4.69, 9.17) is 9.84 Å². The first-order valence-corrected chi connectivity index (χ1v) is 7.38. The van der Waals surface area contributed by atoms with Gasteiger partial charge in [-0.3, -0.25) is 4.79 Å². The third kappa shape index (κ3) is 5.23. The number of carboxylic acid groups (broad SMARTS) is 1.